The van der Waals surface area contributed by atoms with Gasteiger partial charge in [-0.25, -0.2) is 4.98 Å². The molecule has 0 aromatic carbocycles. The Morgan fingerprint density at radius 1 is 1.39 bits per heavy atom. The van der Waals surface area contributed by atoms with Crippen molar-refractivity contribution in [3.05, 3.63) is 27.9 Å². The van der Waals surface area contributed by atoms with Gasteiger partial charge < -0.3 is 15.4 Å². The van der Waals surface area contributed by atoms with Gasteiger partial charge >= 0.3 is 5.69 Å². The van der Waals surface area contributed by atoms with E-state index in [1.165, 1.54) is 18.7 Å². The molecule has 23 heavy (non-hydrogen) atoms. The molecule has 2 aliphatic rings. The normalized spacial score (nSPS) is 20.4. The summed E-state index contributed by atoms with van der Waals surface area (Å²) < 4.78 is 5.96. The minimum Gasteiger partial charge on any atom is -0.378 e. The Morgan fingerprint density at radius 3 is 2.83 bits per heavy atom. The molecule has 2 heterocycles. The van der Waals surface area contributed by atoms with Crippen molar-refractivity contribution in [2.75, 3.05) is 25.4 Å². The van der Waals surface area contributed by atoms with Gasteiger partial charge in [-0.3, -0.25) is 14.9 Å². The first-order valence-electron chi connectivity index (χ1n) is 7.84. The molecule has 8 heteroatoms. The summed E-state index contributed by atoms with van der Waals surface area (Å²) in [5.41, 5.74) is 4.87. The average molecular weight is 320 g/mol. The summed E-state index contributed by atoms with van der Waals surface area (Å²) in [6.07, 6.45) is 6.54. The molecule has 1 amide bonds. The molecule has 124 valence electrons. The number of carbonyl (C=O) groups is 1. The number of anilines is 1. The third kappa shape index (κ3) is 2.98. The zero-order chi connectivity index (χ0) is 16.4. The van der Waals surface area contributed by atoms with Gasteiger partial charge in [-0.05, 0) is 18.9 Å². The Labute approximate surface area is 133 Å². The van der Waals surface area contributed by atoms with E-state index in [0.717, 1.165) is 25.7 Å². The number of nitrogens with two attached hydrogens (primary N) is 1. The first kappa shape index (κ1) is 15.7. The predicted octanol–water partition coefficient (Wildman–Crippen LogP) is 1.75. The molecule has 8 nitrogen and oxygen atoms in total. The van der Waals surface area contributed by atoms with Crippen LogP contribution in [-0.4, -0.2) is 46.0 Å². The molecule has 1 saturated carbocycles. The highest BCUT2D eigenvalue weighted by atomic mass is 16.6. The Bertz CT molecular complexity index is 622. The lowest BCUT2D eigenvalue weighted by Gasteiger charge is -2.45. The molecule has 0 atom stereocenters. The fourth-order valence-corrected chi connectivity index (χ4v) is 3.52. The number of amides is 1. The number of nitrogen functional groups attached to an aromatic ring is 1. The molecule has 1 saturated heterocycles. The van der Waals surface area contributed by atoms with Crippen molar-refractivity contribution >= 4 is 17.4 Å². The Hall–Kier alpha value is -2.22. The van der Waals surface area contributed by atoms with E-state index in [1.54, 1.807) is 4.90 Å². The van der Waals surface area contributed by atoms with Crippen molar-refractivity contribution < 1.29 is 14.5 Å². The maximum Gasteiger partial charge on any atom is 0.323 e. The number of hydrogen-bond donors (Lipinski definition) is 1. The van der Waals surface area contributed by atoms with Crippen LogP contribution in [0, 0.1) is 10.1 Å². The Kier molecular flexibility index (Phi) is 4.16. The quantitative estimate of drug-likeness (QED) is 0.656. The van der Waals surface area contributed by atoms with Gasteiger partial charge in [0.15, 0.2) is 0 Å². The van der Waals surface area contributed by atoms with Crippen molar-refractivity contribution in [2.24, 2.45) is 0 Å². The van der Waals surface area contributed by atoms with Crippen molar-refractivity contribution in [1.29, 1.82) is 0 Å². The monoisotopic (exact) mass is 320 g/mol. The maximum atomic E-state index is 12.8. The van der Waals surface area contributed by atoms with Crippen LogP contribution >= 0.6 is 0 Å². The van der Waals surface area contributed by atoms with Crippen molar-refractivity contribution in [1.82, 2.24) is 9.88 Å². The van der Waals surface area contributed by atoms with Crippen LogP contribution in [0.4, 0.5) is 11.5 Å². The molecule has 1 aliphatic heterocycles. The van der Waals surface area contributed by atoms with E-state index >= 15 is 0 Å². The van der Waals surface area contributed by atoms with Gasteiger partial charge in [0.25, 0.3) is 5.91 Å². The summed E-state index contributed by atoms with van der Waals surface area (Å²) in [5, 5.41) is 11.2. The van der Waals surface area contributed by atoms with Gasteiger partial charge in [-0.2, -0.15) is 0 Å². The molecule has 0 bridgehead atoms. The second-order valence-corrected chi connectivity index (χ2v) is 6.17. The molecule has 1 aliphatic carbocycles. The number of carbonyl (C=O) groups excluding carboxylic acids is 1. The fraction of sp³-hybridized carbons (Fsp3) is 0.600. The van der Waals surface area contributed by atoms with Crippen molar-refractivity contribution in [3.8, 4) is 0 Å². The van der Waals surface area contributed by atoms with Crippen LogP contribution in [0.2, 0.25) is 0 Å². The third-order valence-corrected chi connectivity index (χ3v) is 4.67. The number of nitrogens with zero attached hydrogens (tertiary/aromatic N) is 3. The van der Waals surface area contributed by atoms with Crippen LogP contribution in [0.5, 0.6) is 0 Å². The summed E-state index contributed by atoms with van der Waals surface area (Å²) in [6.45, 7) is 1.37. The van der Waals surface area contributed by atoms with Crippen LogP contribution in [-0.2, 0) is 4.74 Å². The van der Waals surface area contributed by atoms with E-state index in [0.29, 0.717) is 19.7 Å². The average Bonchev–Trinajstić information content (AvgIpc) is 2.54. The molecule has 1 aromatic rings. The number of rotatable bonds is 2. The predicted molar refractivity (Wildman–Crippen MR) is 83.0 cm³/mol. The molecule has 1 spiro atoms. The second-order valence-electron chi connectivity index (χ2n) is 6.17. The number of hydrogen-bond acceptors (Lipinski definition) is 6. The SMILES string of the molecule is Nc1nccc(C(=O)N2CCOC3(CCCCC3)C2)c1[N+](=O)[O-]. The van der Waals surface area contributed by atoms with Crippen molar-refractivity contribution in [2.45, 2.75) is 37.7 Å². The third-order valence-electron chi connectivity index (χ3n) is 4.67. The summed E-state index contributed by atoms with van der Waals surface area (Å²) in [5.74, 6) is -0.611. The number of aromatic nitrogens is 1. The van der Waals surface area contributed by atoms with Crippen LogP contribution in [0.3, 0.4) is 0 Å². The van der Waals surface area contributed by atoms with Crippen LogP contribution in [0.25, 0.3) is 0 Å². The highest BCUT2D eigenvalue weighted by Gasteiger charge is 2.40. The van der Waals surface area contributed by atoms with Gasteiger partial charge in [0.1, 0.15) is 5.56 Å². The number of morpholine rings is 1. The standard InChI is InChI=1S/C15H20N4O4/c16-13-12(19(21)22)11(4-7-17-13)14(20)18-8-9-23-15(10-18)5-2-1-3-6-15/h4,7H,1-3,5-6,8-10H2,(H2,16,17). The molecule has 0 unspecified atom stereocenters. The Balaban J connectivity index is 1.86. The summed E-state index contributed by atoms with van der Waals surface area (Å²) >= 11 is 0. The van der Waals surface area contributed by atoms with Crippen LogP contribution < -0.4 is 5.73 Å². The molecular weight excluding hydrogens is 300 g/mol. The zero-order valence-corrected chi connectivity index (χ0v) is 12.9. The number of pyridine rings is 1. The van der Waals surface area contributed by atoms with Gasteiger partial charge in [-0.1, -0.05) is 19.3 Å². The molecular formula is C15H20N4O4. The largest absolute Gasteiger partial charge is 0.378 e. The first-order chi connectivity index (χ1) is 11.0. The van der Waals surface area contributed by atoms with E-state index in [9.17, 15) is 14.9 Å². The van der Waals surface area contributed by atoms with Gasteiger partial charge in [0.2, 0.25) is 5.82 Å². The number of nitro groups is 1. The van der Waals surface area contributed by atoms with Gasteiger partial charge in [0.05, 0.1) is 23.7 Å². The van der Waals surface area contributed by atoms with E-state index in [1.807, 2.05) is 0 Å². The smallest absolute Gasteiger partial charge is 0.323 e. The fourth-order valence-electron chi connectivity index (χ4n) is 3.52. The Morgan fingerprint density at radius 2 is 2.13 bits per heavy atom. The highest BCUT2D eigenvalue weighted by molar-refractivity contribution is 5.99. The minimum atomic E-state index is -0.646. The lowest BCUT2D eigenvalue weighted by molar-refractivity contribution is -0.384. The molecule has 2 N–H and O–H groups in total. The van der Waals surface area contributed by atoms with E-state index in [4.69, 9.17) is 10.5 Å². The lowest BCUT2D eigenvalue weighted by Crippen LogP contribution is -2.54. The van der Waals surface area contributed by atoms with E-state index in [-0.39, 0.29) is 22.9 Å². The van der Waals surface area contributed by atoms with E-state index < -0.39 is 10.6 Å². The van der Waals surface area contributed by atoms with Gasteiger partial charge in [0, 0.05) is 12.7 Å². The lowest BCUT2D eigenvalue weighted by atomic mass is 9.83. The molecule has 3 rings (SSSR count). The van der Waals surface area contributed by atoms with Crippen molar-refractivity contribution in [3.63, 3.8) is 0 Å². The minimum absolute atomic E-state index is 0.00430. The summed E-state index contributed by atoms with van der Waals surface area (Å²) in [7, 11) is 0. The summed E-state index contributed by atoms with van der Waals surface area (Å²) in [4.78, 5) is 28.7. The number of ether oxygens (including phenoxy) is 1. The highest BCUT2D eigenvalue weighted by Crippen LogP contribution is 2.35. The first-order valence-corrected chi connectivity index (χ1v) is 7.84. The van der Waals surface area contributed by atoms with E-state index in [2.05, 4.69) is 4.98 Å². The van der Waals surface area contributed by atoms with Crippen LogP contribution in [0.15, 0.2) is 12.3 Å². The molecule has 1 aromatic heterocycles. The summed E-state index contributed by atoms with van der Waals surface area (Å²) in [6, 6.07) is 1.36. The zero-order valence-electron chi connectivity index (χ0n) is 12.9. The molecule has 0 radical (unpaired) electrons. The molecule has 2 fully saturated rings. The topological polar surface area (TPSA) is 112 Å². The second kappa shape index (κ2) is 6.11. The van der Waals surface area contributed by atoms with Gasteiger partial charge in [-0.15, -0.1) is 0 Å². The van der Waals surface area contributed by atoms with Crippen LogP contribution in [0.1, 0.15) is 42.5 Å². The maximum absolute atomic E-state index is 12.8.